The van der Waals surface area contributed by atoms with Gasteiger partial charge >= 0.3 is 0 Å². The van der Waals surface area contributed by atoms with Crippen LogP contribution < -0.4 is 27.2 Å². The van der Waals surface area contributed by atoms with Gasteiger partial charge in [-0.25, -0.2) is 5.48 Å². The fourth-order valence-electron chi connectivity index (χ4n) is 4.51. The van der Waals surface area contributed by atoms with Gasteiger partial charge in [-0.3, -0.25) is 25.0 Å². The van der Waals surface area contributed by atoms with E-state index in [-0.39, 0.29) is 24.2 Å². The zero-order chi connectivity index (χ0) is 28.1. The molecule has 2 rings (SSSR count). The lowest BCUT2D eigenvalue weighted by Gasteiger charge is -2.28. The number of likely N-dealkylation sites (N-methyl/N-ethyl adjacent to an activating group) is 1. The predicted molar refractivity (Wildman–Crippen MR) is 147 cm³/mol. The predicted octanol–water partition coefficient (Wildman–Crippen LogP) is 2.57. The third-order valence-electron chi connectivity index (χ3n) is 6.37. The number of hydrogen-bond donors (Lipinski definition) is 7. The van der Waals surface area contributed by atoms with Crippen LogP contribution in [0.3, 0.4) is 0 Å². The van der Waals surface area contributed by atoms with E-state index < -0.39 is 29.7 Å². The molecule has 0 bridgehead atoms. The first-order valence-electron chi connectivity index (χ1n) is 12.8. The van der Waals surface area contributed by atoms with Crippen molar-refractivity contribution in [1.29, 1.82) is 5.41 Å². The minimum atomic E-state index is -0.865. The second-order valence-corrected chi connectivity index (χ2v) is 9.81. The van der Waals surface area contributed by atoms with Gasteiger partial charge in [0.2, 0.25) is 17.7 Å². The molecule has 0 fully saturated rings. The topological polar surface area (TPSA) is 169 Å². The Bertz CT molecular complexity index is 1060. The number of anilines is 1. The van der Waals surface area contributed by atoms with E-state index in [9.17, 15) is 19.6 Å². The van der Waals surface area contributed by atoms with Crippen molar-refractivity contribution in [3.63, 3.8) is 0 Å². The van der Waals surface area contributed by atoms with Crippen molar-refractivity contribution in [2.75, 3.05) is 12.4 Å². The summed E-state index contributed by atoms with van der Waals surface area (Å²) in [7, 11) is 1.50. The van der Waals surface area contributed by atoms with Crippen LogP contribution in [0.4, 0.5) is 5.69 Å². The summed E-state index contributed by atoms with van der Waals surface area (Å²) in [4.78, 5) is 39.0. The van der Waals surface area contributed by atoms with Gasteiger partial charge in [-0.05, 0) is 54.9 Å². The molecule has 0 heterocycles. The van der Waals surface area contributed by atoms with Crippen LogP contribution in [0.15, 0.2) is 54.6 Å². The molecular formula is C28H40N6O4. The lowest BCUT2D eigenvalue weighted by atomic mass is 9.80. The quantitative estimate of drug-likeness (QED) is 0.0867. The summed E-state index contributed by atoms with van der Waals surface area (Å²) in [5, 5.41) is 24.9. The van der Waals surface area contributed by atoms with Crippen LogP contribution in [-0.2, 0) is 27.2 Å². The summed E-state index contributed by atoms with van der Waals surface area (Å²) in [5.41, 5.74) is 9.66. The maximum atomic E-state index is 13.6. The van der Waals surface area contributed by atoms with Crippen molar-refractivity contribution < 1.29 is 19.6 Å². The van der Waals surface area contributed by atoms with Gasteiger partial charge in [-0.2, -0.15) is 0 Å². The maximum absolute atomic E-state index is 13.6. The van der Waals surface area contributed by atoms with Crippen LogP contribution in [0, 0.1) is 23.2 Å². The van der Waals surface area contributed by atoms with E-state index >= 15 is 0 Å². The molecule has 206 valence electrons. The Hall–Kier alpha value is -3.92. The summed E-state index contributed by atoms with van der Waals surface area (Å²) in [6.07, 6.45) is 2.44. The Kier molecular flexibility index (Phi) is 12.2. The lowest BCUT2D eigenvalue weighted by molar-refractivity contribution is -0.142. The van der Waals surface area contributed by atoms with E-state index in [1.54, 1.807) is 29.7 Å². The number of benzene rings is 2. The monoisotopic (exact) mass is 524 g/mol. The maximum Gasteiger partial charge on any atom is 0.247 e. The smallest absolute Gasteiger partial charge is 0.247 e. The third-order valence-corrected chi connectivity index (χ3v) is 6.37. The molecule has 0 radical (unpaired) electrons. The molecule has 2 aromatic carbocycles. The highest BCUT2D eigenvalue weighted by Crippen LogP contribution is 2.27. The fourth-order valence-corrected chi connectivity index (χ4v) is 4.51. The number of hydroxylamine groups is 1. The van der Waals surface area contributed by atoms with Gasteiger partial charge in [0, 0.05) is 25.1 Å². The first-order valence-corrected chi connectivity index (χ1v) is 12.8. The number of rotatable bonds is 14. The summed E-state index contributed by atoms with van der Waals surface area (Å²) in [5.74, 6) is -2.94. The molecule has 3 atom stereocenters. The second-order valence-electron chi connectivity index (χ2n) is 9.81. The molecule has 0 saturated heterocycles. The third kappa shape index (κ3) is 9.85. The summed E-state index contributed by atoms with van der Waals surface area (Å²) >= 11 is 0. The Morgan fingerprint density at radius 3 is 2.13 bits per heavy atom. The minimum Gasteiger partial charge on any atom is -0.370 e. The number of nitrogens with one attached hydrogen (secondary N) is 5. The van der Waals surface area contributed by atoms with Crippen LogP contribution in [0.5, 0.6) is 0 Å². The van der Waals surface area contributed by atoms with E-state index in [2.05, 4.69) is 16.0 Å². The Labute approximate surface area is 224 Å². The highest BCUT2D eigenvalue weighted by Gasteiger charge is 2.35. The van der Waals surface area contributed by atoms with Crippen molar-refractivity contribution in [3.05, 3.63) is 65.7 Å². The number of aryl methyl sites for hydroxylation is 1. The van der Waals surface area contributed by atoms with Crippen molar-refractivity contribution in [2.45, 2.75) is 52.0 Å². The van der Waals surface area contributed by atoms with E-state index in [0.29, 0.717) is 24.9 Å². The fraction of sp³-hybridized carbons (Fsp3) is 0.429. The van der Waals surface area contributed by atoms with Crippen LogP contribution in [0.25, 0.3) is 0 Å². The zero-order valence-corrected chi connectivity index (χ0v) is 22.3. The number of nitrogens with two attached hydrogens (primary N) is 1. The highest BCUT2D eigenvalue weighted by atomic mass is 16.5. The van der Waals surface area contributed by atoms with E-state index in [1.165, 1.54) is 7.05 Å². The molecule has 38 heavy (non-hydrogen) atoms. The van der Waals surface area contributed by atoms with Crippen LogP contribution in [-0.4, -0.2) is 42.0 Å². The Morgan fingerprint density at radius 2 is 1.58 bits per heavy atom. The molecule has 8 N–H and O–H groups in total. The van der Waals surface area contributed by atoms with Gasteiger partial charge in [0.15, 0.2) is 5.96 Å². The zero-order valence-electron chi connectivity index (χ0n) is 22.3. The normalized spacial score (nSPS) is 13.2. The highest BCUT2D eigenvalue weighted by molar-refractivity contribution is 5.92. The average Bonchev–Trinajstić information content (AvgIpc) is 2.90. The van der Waals surface area contributed by atoms with Gasteiger partial charge in [0.25, 0.3) is 0 Å². The molecule has 10 nitrogen and oxygen atoms in total. The van der Waals surface area contributed by atoms with Gasteiger partial charge < -0.3 is 21.7 Å². The van der Waals surface area contributed by atoms with E-state index in [4.69, 9.17) is 11.1 Å². The molecule has 0 aliphatic heterocycles. The van der Waals surface area contributed by atoms with Gasteiger partial charge in [-0.1, -0.05) is 56.3 Å². The van der Waals surface area contributed by atoms with Crippen LogP contribution in [0.1, 0.15) is 44.2 Å². The Morgan fingerprint density at radius 1 is 0.921 bits per heavy atom. The molecule has 0 unspecified atom stereocenters. The molecule has 0 spiro atoms. The number of amides is 3. The molecule has 2 aromatic rings. The SMILES string of the molecule is CNC(=O)[C@H](Cc1ccc(NC(=N)N)cc1)NC(=O)[C@H](CC(C)C)[C@H](CCCc1ccccc1)C(=O)NO. The van der Waals surface area contributed by atoms with E-state index in [1.807, 2.05) is 44.2 Å². The molecule has 0 aliphatic rings. The van der Waals surface area contributed by atoms with Crippen LogP contribution in [0.2, 0.25) is 0 Å². The van der Waals surface area contributed by atoms with Crippen molar-refractivity contribution >= 4 is 29.4 Å². The molecular weight excluding hydrogens is 484 g/mol. The van der Waals surface area contributed by atoms with Crippen LogP contribution >= 0.6 is 0 Å². The van der Waals surface area contributed by atoms with Gasteiger partial charge in [-0.15, -0.1) is 0 Å². The summed E-state index contributed by atoms with van der Waals surface area (Å²) in [6.45, 7) is 3.93. The molecule has 0 aromatic heterocycles. The molecule has 10 heteroatoms. The van der Waals surface area contributed by atoms with Gasteiger partial charge in [0.05, 0.1) is 5.92 Å². The largest absolute Gasteiger partial charge is 0.370 e. The van der Waals surface area contributed by atoms with Crippen molar-refractivity contribution in [3.8, 4) is 0 Å². The minimum absolute atomic E-state index is 0.105. The first kappa shape index (κ1) is 30.3. The molecule has 0 aliphatic carbocycles. The first-order chi connectivity index (χ1) is 18.1. The average molecular weight is 525 g/mol. The van der Waals surface area contributed by atoms with Gasteiger partial charge in [0.1, 0.15) is 6.04 Å². The number of guanidine groups is 1. The Balaban J connectivity index is 2.20. The number of carbonyl (C=O) groups excluding carboxylic acids is 3. The molecule has 0 saturated carbocycles. The van der Waals surface area contributed by atoms with Crippen molar-refractivity contribution in [2.24, 2.45) is 23.5 Å². The number of carbonyl (C=O) groups is 3. The van der Waals surface area contributed by atoms with Crippen molar-refractivity contribution in [1.82, 2.24) is 16.1 Å². The lowest BCUT2D eigenvalue weighted by Crippen LogP contribution is -2.51. The second kappa shape index (κ2) is 15.4. The standard InChI is InChI=1S/C28H40N6O4/c1-18(2)16-23(22(26(36)34-38)11-7-10-19-8-5-4-6-9-19)25(35)33-24(27(37)31-3)17-20-12-14-21(15-13-20)32-28(29)30/h4-6,8-9,12-15,18,22-24,38H,7,10-11,16-17H2,1-3H3,(H,31,37)(H,33,35)(H,34,36)(H4,29,30,32)/t22-,23+,24-/m0/s1. The summed E-state index contributed by atoms with van der Waals surface area (Å²) < 4.78 is 0. The number of hydrogen-bond acceptors (Lipinski definition) is 5. The molecule has 3 amide bonds. The summed E-state index contributed by atoms with van der Waals surface area (Å²) in [6, 6.07) is 16.0. The van der Waals surface area contributed by atoms with E-state index in [0.717, 1.165) is 17.5 Å².